The molecule has 0 bridgehead atoms. The average molecular weight is 272 g/mol. The maximum atomic E-state index is 12.3. The van der Waals surface area contributed by atoms with E-state index in [4.69, 9.17) is 0 Å². The normalized spacial score (nSPS) is 11.8. The molecule has 1 aromatic heterocycles. The molecule has 0 fully saturated rings. The Morgan fingerprint density at radius 1 is 1.11 bits per heavy atom. The zero-order valence-corrected chi connectivity index (χ0v) is 12.1. The largest absolute Gasteiger partial charge is 0.370 e. The molecular weight excluding hydrogens is 250 g/mol. The van der Waals surface area contributed by atoms with Crippen LogP contribution < -0.4 is 10.6 Å². The Labute approximate surface area is 113 Å². The Hall–Kier alpha value is -1.46. The second-order valence-corrected chi connectivity index (χ2v) is 5.42. The molecule has 0 radical (unpaired) electrons. The quantitative estimate of drug-likeness (QED) is 0.864. The first-order chi connectivity index (χ1) is 8.75. The predicted octanol–water partition coefficient (Wildman–Crippen LogP) is 3.19. The van der Waals surface area contributed by atoms with Gasteiger partial charge in [0.2, 0.25) is 0 Å². The van der Waals surface area contributed by atoms with Crippen LogP contribution in [0.1, 0.15) is 39.1 Å². The van der Waals surface area contributed by atoms with E-state index in [0.717, 1.165) is 12.1 Å². The Morgan fingerprint density at radius 2 is 1.63 bits per heavy atom. The minimum Gasteiger partial charge on any atom is -0.370 e. The summed E-state index contributed by atoms with van der Waals surface area (Å²) in [6, 6.07) is 0. The molecule has 0 saturated carbocycles. The summed E-state index contributed by atoms with van der Waals surface area (Å²) in [5, 5.41) is 5.82. The van der Waals surface area contributed by atoms with Crippen molar-refractivity contribution in [3.63, 3.8) is 0 Å². The molecule has 0 aliphatic carbocycles. The van der Waals surface area contributed by atoms with Gasteiger partial charge in [-0.1, -0.05) is 20.8 Å². The number of hydrogen-bond donors (Lipinski definition) is 2. The van der Waals surface area contributed by atoms with Crippen molar-refractivity contribution in [1.29, 1.82) is 0 Å². The fraction of sp³-hybridized carbons (Fsp3) is 0.692. The topological polar surface area (TPSA) is 49.8 Å². The molecule has 108 valence electrons. The lowest BCUT2D eigenvalue weighted by atomic mass is 9.95. The van der Waals surface area contributed by atoms with Crippen LogP contribution in [0.4, 0.5) is 20.4 Å². The van der Waals surface area contributed by atoms with Crippen molar-refractivity contribution in [3.05, 3.63) is 11.4 Å². The molecule has 1 rings (SSSR count). The number of aromatic nitrogens is 2. The Morgan fingerprint density at radius 3 is 2.05 bits per heavy atom. The van der Waals surface area contributed by atoms with Crippen LogP contribution in [0.25, 0.3) is 0 Å². The van der Waals surface area contributed by atoms with E-state index in [9.17, 15) is 8.78 Å². The molecule has 19 heavy (non-hydrogen) atoms. The van der Waals surface area contributed by atoms with E-state index in [2.05, 4.69) is 20.6 Å². The van der Waals surface area contributed by atoms with Gasteiger partial charge in [0.15, 0.2) is 0 Å². The van der Waals surface area contributed by atoms with Gasteiger partial charge in [-0.2, -0.15) is 0 Å². The third-order valence-corrected chi connectivity index (χ3v) is 2.58. The van der Waals surface area contributed by atoms with Crippen LogP contribution in [-0.4, -0.2) is 29.5 Å². The van der Waals surface area contributed by atoms with Gasteiger partial charge in [0.1, 0.15) is 17.5 Å². The van der Waals surface area contributed by atoms with Crippen LogP contribution in [0.2, 0.25) is 0 Å². The molecule has 0 unspecified atom stereocenters. The second kappa shape index (κ2) is 6.12. The summed E-state index contributed by atoms with van der Waals surface area (Å²) in [6.07, 6.45) is -2.41. The van der Waals surface area contributed by atoms with E-state index in [1.54, 1.807) is 0 Å². The first-order valence-electron chi connectivity index (χ1n) is 6.40. The second-order valence-electron chi connectivity index (χ2n) is 5.42. The van der Waals surface area contributed by atoms with Crippen LogP contribution >= 0.6 is 0 Å². The molecule has 0 aromatic carbocycles. The van der Waals surface area contributed by atoms with Crippen molar-refractivity contribution in [2.45, 2.75) is 46.5 Å². The molecular formula is C13H22F2N4. The lowest BCUT2D eigenvalue weighted by molar-refractivity contribution is 0.163. The zero-order valence-electron chi connectivity index (χ0n) is 12.1. The van der Waals surface area contributed by atoms with E-state index in [1.807, 2.05) is 34.6 Å². The molecule has 6 heteroatoms. The summed E-state index contributed by atoms with van der Waals surface area (Å²) in [6.45, 7) is 10.1. The number of nitrogens with one attached hydrogen (secondary N) is 2. The van der Waals surface area contributed by atoms with Gasteiger partial charge in [-0.3, -0.25) is 0 Å². The molecule has 1 aromatic rings. The Kier molecular flexibility index (Phi) is 5.03. The Balaban J connectivity index is 3.16. The highest BCUT2D eigenvalue weighted by Gasteiger charge is 2.21. The maximum absolute atomic E-state index is 12.3. The highest BCUT2D eigenvalue weighted by atomic mass is 19.3. The summed E-state index contributed by atoms with van der Waals surface area (Å²) >= 11 is 0. The van der Waals surface area contributed by atoms with Crippen molar-refractivity contribution in [1.82, 2.24) is 9.97 Å². The third-order valence-electron chi connectivity index (χ3n) is 2.58. The number of alkyl halides is 2. The molecule has 0 aliphatic rings. The first-order valence-corrected chi connectivity index (χ1v) is 6.40. The third kappa shape index (κ3) is 4.29. The van der Waals surface area contributed by atoms with Gasteiger partial charge in [-0.05, 0) is 13.8 Å². The summed E-state index contributed by atoms with van der Waals surface area (Å²) in [5.41, 5.74) is 0.523. The van der Waals surface area contributed by atoms with Crippen LogP contribution in [0, 0.1) is 6.92 Å². The molecule has 0 atom stereocenters. The first kappa shape index (κ1) is 15.6. The molecule has 2 N–H and O–H groups in total. The van der Waals surface area contributed by atoms with Crippen molar-refractivity contribution >= 4 is 11.6 Å². The summed E-state index contributed by atoms with van der Waals surface area (Å²) in [5.74, 6) is 1.79. The number of hydrogen-bond acceptors (Lipinski definition) is 4. The van der Waals surface area contributed by atoms with Crippen molar-refractivity contribution < 1.29 is 8.78 Å². The summed E-state index contributed by atoms with van der Waals surface area (Å²) in [7, 11) is 0. The SMILES string of the molecule is CCNc1nc(C(C)(C)C)nc(NCC(F)F)c1C. The predicted molar refractivity (Wildman–Crippen MR) is 74.1 cm³/mol. The molecule has 0 saturated heterocycles. The average Bonchev–Trinajstić information content (AvgIpc) is 2.28. The van der Waals surface area contributed by atoms with E-state index >= 15 is 0 Å². The van der Waals surface area contributed by atoms with Gasteiger partial charge in [0.05, 0.1) is 6.54 Å². The number of rotatable bonds is 5. The molecule has 0 aliphatic heterocycles. The van der Waals surface area contributed by atoms with E-state index in [1.165, 1.54) is 0 Å². The standard InChI is InChI=1S/C13H22F2N4/c1-6-16-10-8(2)11(17-7-9(14)15)19-12(18-10)13(3,4)5/h9H,6-7H2,1-5H3,(H2,16,17,18,19). The highest BCUT2D eigenvalue weighted by molar-refractivity contribution is 5.57. The van der Waals surface area contributed by atoms with Crippen LogP contribution in [-0.2, 0) is 5.41 Å². The number of anilines is 2. The fourth-order valence-corrected chi connectivity index (χ4v) is 1.54. The lowest BCUT2D eigenvalue weighted by Crippen LogP contribution is -2.21. The van der Waals surface area contributed by atoms with Crippen LogP contribution in [0.15, 0.2) is 0 Å². The lowest BCUT2D eigenvalue weighted by Gasteiger charge is -2.21. The van der Waals surface area contributed by atoms with Gasteiger partial charge in [0.25, 0.3) is 6.43 Å². The van der Waals surface area contributed by atoms with Crippen LogP contribution in [0.3, 0.4) is 0 Å². The van der Waals surface area contributed by atoms with Crippen molar-refractivity contribution in [2.75, 3.05) is 23.7 Å². The smallest absolute Gasteiger partial charge is 0.255 e. The van der Waals surface area contributed by atoms with E-state index < -0.39 is 13.0 Å². The molecule has 1 heterocycles. The highest BCUT2D eigenvalue weighted by Crippen LogP contribution is 2.26. The van der Waals surface area contributed by atoms with Gasteiger partial charge < -0.3 is 10.6 Å². The van der Waals surface area contributed by atoms with Crippen molar-refractivity contribution in [3.8, 4) is 0 Å². The van der Waals surface area contributed by atoms with Gasteiger partial charge >= 0.3 is 0 Å². The van der Waals surface area contributed by atoms with Gasteiger partial charge in [-0.15, -0.1) is 0 Å². The summed E-state index contributed by atoms with van der Waals surface area (Å²) < 4.78 is 24.6. The van der Waals surface area contributed by atoms with Crippen molar-refractivity contribution in [2.24, 2.45) is 0 Å². The molecule has 0 amide bonds. The molecule has 0 spiro atoms. The minimum absolute atomic E-state index is 0.237. The monoisotopic (exact) mass is 272 g/mol. The maximum Gasteiger partial charge on any atom is 0.255 e. The summed E-state index contributed by atoms with van der Waals surface area (Å²) in [4.78, 5) is 8.83. The van der Waals surface area contributed by atoms with Gasteiger partial charge in [0, 0.05) is 17.5 Å². The Bertz CT molecular complexity index is 427. The van der Waals surface area contributed by atoms with E-state index in [-0.39, 0.29) is 5.41 Å². The molecule has 4 nitrogen and oxygen atoms in total. The number of nitrogens with zero attached hydrogens (tertiary/aromatic N) is 2. The van der Waals surface area contributed by atoms with Gasteiger partial charge in [-0.25, -0.2) is 18.7 Å². The minimum atomic E-state index is -2.41. The number of halogens is 2. The fourth-order valence-electron chi connectivity index (χ4n) is 1.54. The zero-order chi connectivity index (χ0) is 14.6. The van der Waals surface area contributed by atoms with E-state index in [0.29, 0.717) is 17.5 Å². The van der Waals surface area contributed by atoms with Crippen LogP contribution in [0.5, 0.6) is 0 Å².